The monoisotopic (exact) mass is 401 g/mol. The minimum Gasteiger partial charge on any atom is -0.491 e. The molecular weight excluding hydrogens is 382 g/mol. The van der Waals surface area contributed by atoms with Crippen molar-refractivity contribution in [2.75, 3.05) is 0 Å². The summed E-state index contributed by atoms with van der Waals surface area (Å²) in [4.78, 5) is 12.1. The standard InChI is InChI=1S/C20H20ClN3O2S/c1-13(2)26-17-8-6-14(7-9-17)12-22-24-20-23-19(25)18(27-20)11-15-4-3-5-16(21)10-15/h3-10,12-13,18H,11H2,1-2H3,(H,23,24,25)/b22-12-/t18-/m1/s1. The van der Waals surface area contributed by atoms with E-state index in [1.54, 1.807) is 6.21 Å². The molecule has 1 aliphatic heterocycles. The van der Waals surface area contributed by atoms with E-state index in [9.17, 15) is 4.79 Å². The first-order chi connectivity index (χ1) is 13.0. The van der Waals surface area contributed by atoms with Gasteiger partial charge in [0, 0.05) is 5.02 Å². The average Bonchev–Trinajstić information content (AvgIpc) is 2.95. The number of rotatable bonds is 6. The van der Waals surface area contributed by atoms with Crippen LogP contribution in [-0.4, -0.2) is 28.6 Å². The highest BCUT2D eigenvalue weighted by Gasteiger charge is 2.30. The van der Waals surface area contributed by atoms with Gasteiger partial charge in [0.15, 0.2) is 5.17 Å². The molecule has 2 aromatic carbocycles. The molecule has 1 saturated heterocycles. The number of carbonyl (C=O) groups excluding carboxylic acids is 1. The third kappa shape index (κ3) is 5.84. The third-order valence-corrected chi connectivity index (χ3v) is 5.00. The molecule has 7 heteroatoms. The Hall–Kier alpha value is -2.31. The average molecular weight is 402 g/mol. The van der Waals surface area contributed by atoms with Crippen LogP contribution in [0.25, 0.3) is 0 Å². The fraction of sp³-hybridized carbons (Fsp3) is 0.250. The molecule has 3 rings (SSSR count). The Morgan fingerprint density at radius 3 is 2.74 bits per heavy atom. The molecule has 0 aromatic heterocycles. The number of nitrogens with zero attached hydrogens (tertiary/aromatic N) is 2. The highest BCUT2D eigenvalue weighted by atomic mass is 35.5. The van der Waals surface area contributed by atoms with Crippen molar-refractivity contribution in [1.82, 2.24) is 5.32 Å². The molecule has 0 spiro atoms. The fourth-order valence-electron chi connectivity index (χ4n) is 2.52. The number of halogens is 1. The Morgan fingerprint density at radius 2 is 2.04 bits per heavy atom. The Morgan fingerprint density at radius 1 is 1.26 bits per heavy atom. The maximum atomic E-state index is 12.1. The first-order valence-corrected chi connectivity index (χ1v) is 9.85. The van der Waals surface area contributed by atoms with Gasteiger partial charge in [-0.25, -0.2) is 0 Å². The summed E-state index contributed by atoms with van der Waals surface area (Å²) in [5, 5.41) is 11.9. The summed E-state index contributed by atoms with van der Waals surface area (Å²) in [6.07, 6.45) is 2.37. The van der Waals surface area contributed by atoms with E-state index in [2.05, 4.69) is 15.5 Å². The van der Waals surface area contributed by atoms with Gasteiger partial charge in [0.2, 0.25) is 5.91 Å². The second-order valence-corrected chi connectivity index (χ2v) is 7.94. The first kappa shape index (κ1) is 19.5. The molecule has 0 bridgehead atoms. The SMILES string of the molecule is CC(C)Oc1ccc(/C=N\N=C2/NC(=O)[C@@H](Cc3cccc(Cl)c3)S2)cc1. The van der Waals surface area contributed by atoms with E-state index >= 15 is 0 Å². The van der Waals surface area contributed by atoms with Crippen molar-refractivity contribution < 1.29 is 9.53 Å². The van der Waals surface area contributed by atoms with Crippen LogP contribution in [0.3, 0.4) is 0 Å². The van der Waals surface area contributed by atoms with E-state index in [0.29, 0.717) is 16.6 Å². The van der Waals surface area contributed by atoms with E-state index in [4.69, 9.17) is 16.3 Å². The Labute approximate surface area is 167 Å². The third-order valence-electron chi connectivity index (χ3n) is 3.69. The molecule has 0 saturated carbocycles. The van der Waals surface area contributed by atoms with Gasteiger partial charge in [-0.15, -0.1) is 5.10 Å². The maximum Gasteiger partial charge on any atom is 0.239 e. The number of hydrogen-bond donors (Lipinski definition) is 1. The lowest BCUT2D eigenvalue weighted by Gasteiger charge is -2.08. The molecule has 5 nitrogen and oxygen atoms in total. The molecule has 1 aliphatic rings. The quantitative estimate of drug-likeness (QED) is 0.580. The van der Waals surface area contributed by atoms with Gasteiger partial charge >= 0.3 is 0 Å². The lowest BCUT2D eigenvalue weighted by Crippen LogP contribution is -2.25. The highest BCUT2D eigenvalue weighted by molar-refractivity contribution is 8.15. The maximum absolute atomic E-state index is 12.1. The van der Waals surface area contributed by atoms with Crippen molar-refractivity contribution in [3.8, 4) is 5.75 Å². The number of amides is 1. The first-order valence-electron chi connectivity index (χ1n) is 8.59. The number of amidine groups is 1. The van der Waals surface area contributed by atoms with E-state index in [1.165, 1.54) is 11.8 Å². The number of thioether (sulfide) groups is 1. The smallest absolute Gasteiger partial charge is 0.239 e. The van der Waals surface area contributed by atoms with Gasteiger partial charge in [-0.05, 0) is 67.8 Å². The van der Waals surface area contributed by atoms with E-state index in [1.807, 2.05) is 62.4 Å². The van der Waals surface area contributed by atoms with E-state index < -0.39 is 0 Å². The molecule has 0 radical (unpaired) electrons. The number of ether oxygens (including phenoxy) is 1. The van der Waals surface area contributed by atoms with Gasteiger partial charge in [0.1, 0.15) is 5.75 Å². The Kier molecular flexibility index (Phi) is 6.53. The van der Waals surface area contributed by atoms with Crippen LogP contribution in [0.1, 0.15) is 25.0 Å². The van der Waals surface area contributed by atoms with Crippen LogP contribution in [0.2, 0.25) is 5.02 Å². The van der Waals surface area contributed by atoms with Crippen LogP contribution < -0.4 is 10.1 Å². The Bertz CT molecular complexity index is 866. The van der Waals surface area contributed by atoms with Gasteiger partial charge in [0.05, 0.1) is 17.6 Å². The van der Waals surface area contributed by atoms with E-state index in [0.717, 1.165) is 16.9 Å². The van der Waals surface area contributed by atoms with Crippen LogP contribution in [0.15, 0.2) is 58.7 Å². The number of carbonyl (C=O) groups is 1. The van der Waals surface area contributed by atoms with Gasteiger partial charge in [0.25, 0.3) is 0 Å². The zero-order valence-corrected chi connectivity index (χ0v) is 16.6. The molecule has 27 heavy (non-hydrogen) atoms. The molecule has 1 fully saturated rings. The van der Waals surface area contributed by atoms with Crippen LogP contribution >= 0.6 is 23.4 Å². The van der Waals surface area contributed by atoms with Gasteiger partial charge in [-0.3, -0.25) is 4.79 Å². The summed E-state index contributed by atoms with van der Waals surface area (Å²) in [6.45, 7) is 3.97. The summed E-state index contributed by atoms with van der Waals surface area (Å²) in [6, 6.07) is 15.1. The van der Waals surface area contributed by atoms with Crippen LogP contribution in [-0.2, 0) is 11.2 Å². The molecular formula is C20H20ClN3O2S. The lowest BCUT2D eigenvalue weighted by molar-refractivity contribution is -0.118. The largest absolute Gasteiger partial charge is 0.491 e. The number of hydrogen-bond acceptors (Lipinski definition) is 5. The zero-order valence-electron chi connectivity index (χ0n) is 15.1. The molecule has 2 aromatic rings. The second kappa shape index (κ2) is 9.06. The molecule has 1 heterocycles. The second-order valence-electron chi connectivity index (χ2n) is 6.32. The molecule has 1 atom stereocenters. The van der Waals surface area contributed by atoms with E-state index in [-0.39, 0.29) is 17.3 Å². The predicted octanol–water partition coefficient (Wildman–Crippen LogP) is 4.29. The lowest BCUT2D eigenvalue weighted by atomic mass is 10.1. The minimum atomic E-state index is -0.232. The molecule has 0 aliphatic carbocycles. The summed E-state index contributed by atoms with van der Waals surface area (Å²) in [5.41, 5.74) is 1.92. The van der Waals surface area contributed by atoms with Crippen molar-refractivity contribution >= 4 is 40.7 Å². The molecule has 1 N–H and O–H groups in total. The van der Waals surface area contributed by atoms with Crippen LogP contribution in [0.4, 0.5) is 0 Å². The van der Waals surface area contributed by atoms with Crippen molar-refractivity contribution in [3.05, 3.63) is 64.7 Å². The number of benzene rings is 2. The van der Waals surface area contributed by atoms with Crippen LogP contribution in [0.5, 0.6) is 5.75 Å². The minimum absolute atomic E-state index is 0.0656. The zero-order chi connectivity index (χ0) is 19.2. The van der Waals surface area contributed by atoms with Crippen molar-refractivity contribution in [2.45, 2.75) is 31.6 Å². The molecule has 140 valence electrons. The molecule has 1 amide bonds. The summed E-state index contributed by atoms with van der Waals surface area (Å²) >= 11 is 7.37. The predicted molar refractivity (Wildman–Crippen MR) is 112 cm³/mol. The summed E-state index contributed by atoms with van der Waals surface area (Å²) in [7, 11) is 0. The van der Waals surface area contributed by atoms with Crippen LogP contribution in [0, 0.1) is 0 Å². The Balaban J connectivity index is 1.58. The number of nitrogens with one attached hydrogen (secondary N) is 1. The fourth-order valence-corrected chi connectivity index (χ4v) is 3.70. The molecule has 0 unspecified atom stereocenters. The normalized spacial score (nSPS) is 18.4. The van der Waals surface area contributed by atoms with Gasteiger partial charge < -0.3 is 10.1 Å². The van der Waals surface area contributed by atoms with Crippen molar-refractivity contribution in [2.24, 2.45) is 10.2 Å². The highest BCUT2D eigenvalue weighted by Crippen LogP contribution is 2.24. The topological polar surface area (TPSA) is 63.1 Å². The van der Waals surface area contributed by atoms with Gasteiger partial charge in [-0.2, -0.15) is 5.10 Å². The summed E-state index contributed by atoms with van der Waals surface area (Å²) in [5.74, 6) is 0.750. The van der Waals surface area contributed by atoms with Crippen molar-refractivity contribution in [3.63, 3.8) is 0 Å². The van der Waals surface area contributed by atoms with Crippen molar-refractivity contribution in [1.29, 1.82) is 0 Å². The van der Waals surface area contributed by atoms with Gasteiger partial charge in [-0.1, -0.05) is 35.5 Å². The summed E-state index contributed by atoms with van der Waals surface area (Å²) < 4.78 is 5.60.